The summed E-state index contributed by atoms with van der Waals surface area (Å²) in [5, 5.41) is 16.6. The highest BCUT2D eigenvalue weighted by molar-refractivity contribution is 5.95. The van der Waals surface area contributed by atoms with Crippen LogP contribution in [-0.2, 0) is 4.79 Å². The van der Waals surface area contributed by atoms with Gasteiger partial charge in [0.25, 0.3) is 5.69 Å². The number of hydrogen-bond acceptors (Lipinski definition) is 5. The molecule has 2 rings (SSSR count). The van der Waals surface area contributed by atoms with Gasteiger partial charge in [0, 0.05) is 17.3 Å². The topological polar surface area (TPSA) is 93.5 Å². The van der Waals surface area contributed by atoms with Crippen LogP contribution in [0.3, 0.4) is 0 Å². The molecule has 0 aromatic heterocycles. The van der Waals surface area contributed by atoms with Gasteiger partial charge in [-0.05, 0) is 32.0 Å². The van der Waals surface area contributed by atoms with Gasteiger partial charge in [0.05, 0.1) is 23.8 Å². The molecule has 0 unspecified atom stereocenters. The fraction of sp³-hybridized carbons (Fsp3) is 0.235. The average molecular weight is 329 g/mol. The van der Waals surface area contributed by atoms with Gasteiger partial charge in [0.2, 0.25) is 5.91 Å². The lowest BCUT2D eigenvalue weighted by molar-refractivity contribution is -0.385. The summed E-state index contributed by atoms with van der Waals surface area (Å²) in [7, 11) is 0. The predicted octanol–water partition coefficient (Wildman–Crippen LogP) is 3.35. The molecule has 0 heterocycles. The van der Waals surface area contributed by atoms with E-state index in [0.717, 1.165) is 0 Å². The standard InChI is InChI=1S/C17H19N3O4/c1-3-24-16-10-5-4-7-14(16)19-17(21)11-18-13-8-6-9-15(12(13)2)20(22)23/h4-10,18H,3,11H2,1-2H3,(H,19,21). The third kappa shape index (κ3) is 4.22. The maximum Gasteiger partial charge on any atom is 0.274 e. The second-order valence-corrected chi connectivity index (χ2v) is 5.04. The summed E-state index contributed by atoms with van der Waals surface area (Å²) < 4.78 is 5.45. The van der Waals surface area contributed by atoms with Crippen LogP contribution in [0.5, 0.6) is 5.75 Å². The number of ether oxygens (including phenoxy) is 1. The number of nitrogens with one attached hydrogen (secondary N) is 2. The van der Waals surface area contributed by atoms with Crippen LogP contribution in [0.25, 0.3) is 0 Å². The number of hydrogen-bond donors (Lipinski definition) is 2. The molecule has 0 spiro atoms. The van der Waals surface area contributed by atoms with Crippen molar-refractivity contribution < 1.29 is 14.5 Å². The van der Waals surface area contributed by atoms with Crippen molar-refractivity contribution in [3.8, 4) is 5.75 Å². The zero-order valence-electron chi connectivity index (χ0n) is 13.5. The van der Waals surface area contributed by atoms with Crippen molar-refractivity contribution in [1.82, 2.24) is 0 Å². The molecule has 0 radical (unpaired) electrons. The number of nitrogens with zero attached hydrogens (tertiary/aromatic N) is 1. The quantitative estimate of drug-likeness (QED) is 0.600. The van der Waals surface area contributed by atoms with E-state index in [-0.39, 0.29) is 18.1 Å². The third-order valence-corrected chi connectivity index (χ3v) is 3.40. The Kier molecular flexibility index (Phi) is 5.73. The zero-order valence-corrected chi connectivity index (χ0v) is 13.5. The minimum absolute atomic E-state index is 0.0114. The van der Waals surface area contributed by atoms with Crippen molar-refractivity contribution in [2.75, 3.05) is 23.8 Å². The van der Waals surface area contributed by atoms with Crippen LogP contribution >= 0.6 is 0 Å². The predicted molar refractivity (Wildman–Crippen MR) is 92.6 cm³/mol. The molecule has 0 bridgehead atoms. The molecule has 0 saturated heterocycles. The number of carbonyl (C=O) groups excluding carboxylic acids is 1. The average Bonchev–Trinajstić information content (AvgIpc) is 2.55. The Morgan fingerprint density at radius 2 is 1.88 bits per heavy atom. The van der Waals surface area contributed by atoms with E-state index in [1.54, 1.807) is 37.3 Å². The second kappa shape index (κ2) is 7.96. The van der Waals surface area contributed by atoms with Crippen LogP contribution in [0.4, 0.5) is 17.1 Å². The van der Waals surface area contributed by atoms with Crippen molar-refractivity contribution >= 4 is 23.0 Å². The van der Waals surface area contributed by atoms with E-state index < -0.39 is 4.92 Å². The molecular weight excluding hydrogens is 310 g/mol. The van der Waals surface area contributed by atoms with Crippen molar-refractivity contribution in [3.05, 3.63) is 58.1 Å². The number of rotatable bonds is 7. The van der Waals surface area contributed by atoms with Gasteiger partial charge in [0.1, 0.15) is 5.75 Å². The fourth-order valence-corrected chi connectivity index (χ4v) is 2.23. The number of benzene rings is 2. The third-order valence-electron chi connectivity index (χ3n) is 3.40. The van der Waals surface area contributed by atoms with Gasteiger partial charge in [-0.25, -0.2) is 0 Å². The molecule has 0 fully saturated rings. The fourth-order valence-electron chi connectivity index (χ4n) is 2.23. The SMILES string of the molecule is CCOc1ccccc1NC(=O)CNc1cccc([N+](=O)[O-])c1C. The molecule has 0 aliphatic rings. The molecule has 0 aliphatic carbocycles. The lowest BCUT2D eigenvalue weighted by atomic mass is 10.1. The molecule has 2 aromatic rings. The minimum atomic E-state index is -0.446. The van der Waals surface area contributed by atoms with Crippen LogP contribution in [0.2, 0.25) is 0 Å². The maximum atomic E-state index is 12.1. The number of amides is 1. The van der Waals surface area contributed by atoms with Gasteiger partial charge in [-0.1, -0.05) is 18.2 Å². The van der Waals surface area contributed by atoms with Gasteiger partial charge in [-0.15, -0.1) is 0 Å². The van der Waals surface area contributed by atoms with Crippen molar-refractivity contribution in [2.24, 2.45) is 0 Å². The second-order valence-electron chi connectivity index (χ2n) is 5.04. The molecule has 0 atom stereocenters. The Bertz CT molecular complexity index is 746. The number of nitro benzene ring substituents is 1. The highest BCUT2D eigenvalue weighted by atomic mass is 16.6. The van der Waals surface area contributed by atoms with Gasteiger partial charge < -0.3 is 15.4 Å². The van der Waals surface area contributed by atoms with Crippen LogP contribution in [-0.4, -0.2) is 24.0 Å². The zero-order chi connectivity index (χ0) is 17.5. The Hall–Kier alpha value is -3.09. The summed E-state index contributed by atoms with van der Waals surface area (Å²) in [6.45, 7) is 3.99. The van der Waals surface area contributed by atoms with Crippen molar-refractivity contribution in [1.29, 1.82) is 0 Å². The van der Waals surface area contributed by atoms with Gasteiger partial charge in [-0.2, -0.15) is 0 Å². The molecular formula is C17H19N3O4. The van der Waals surface area contributed by atoms with E-state index >= 15 is 0 Å². The lowest BCUT2D eigenvalue weighted by Crippen LogP contribution is -2.22. The Morgan fingerprint density at radius 3 is 2.58 bits per heavy atom. The monoisotopic (exact) mass is 329 g/mol. The molecule has 0 aliphatic heterocycles. The van der Waals surface area contributed by atoms with E-state index in [4.69, 9.17) is 4.74 Å². The Balaban J connectivity index is 2.02. The maximum absolute atomic E-state index is 12.1. The molecule has 2 N–H and O–H groups in total. The molecule has 2 aromatic carbocycles. The van der Waals surface area contributed by atoms with Crippen molar-refractivity contribution in [2.45, 2.75) is 13.8 Å². The summed E-state index contributed by atoms with van der Waals surface area (Å²) in [5.74, 6) is 0.327. The summed E-state index contributed by atoms with van der Waals surface area (Å²) in [6.07, 6.45) is 0. The number of nitro groups is 1. The smallest absolute Gasteiger partial charge is 0.274 e. The number of para-hydroxylation sites is 2. The van der Waals surface area contributed by atoms with E-state index in [9.17, 15) is 14.9 Å². The van der Waals surface area contributed by atoms with E-state index in [2.05, 4.69) is 10.6 Å². The number of anilines is 2. The first-order chi connectivity index (χ1) is 11.5. The normalized spacial score (nSPS) is 10.1. The lowest BCUT2D eigenvalue weighted by Gasteiger charge is -2.13. The van der Waals surface area contributed by atoms with Crippen LogP contribution in [0.1, 0.15) is 12.5 Å². The summed E-state index contributed by atoms with van der Waals surface area (Å²) in [6, 6.07) is 11.9. The summed E-state index contributed by atoms with van der Waals surface area (Å²) in [5.41, 5.74) is 1.64. The molecule has 1 amide bonds. The van der Waals surface area contributed by atoms with Crippen LogP contribution in [0, 0.1) is 17.0 Å². The highest BCUT2D eigenvalue weighted by Crippen LogP contribution is 2.25. The van der Waals surface area contributed by atoms with Crippen LogP contribution in [0.15, 0.2) is 42.5 Å². The van der Waals surface area contributed by atoms with E-state index in [1.807, 2.05) is 13.0 Å². The summed E-state index contributed by atoms with van der Waals surface area (Å²) >= 11 is 0. The Morgan fingerprint density at radius 1 is 1.17 bits per heavy atom. The Labute approximate surface area is 139 Å². The van der Waals surface area contributed by atoms with Crippen LogP contribution < -0.4 is 15.4 Å². The summed E-state index contributed by atoms with van der Waals surface area (Å²) in [4.78, 5) is 22.6. The van der Waals surface area contributed by atoms with E-state index in [0.29, 0.717) is 29.3 Å². The first kappa shape index (κ1) is 17.3. The first-order valence-corrected chi connectivity index (χ1v) is 7.52. The molecule has 7 nitrogen and oxygen atoms in total. The van der Waals surface area contributed by atoms with Gasteiger partial charge in [-0.3, -0.25) is 14.9 Å². The van der Waals surface area contributed by atoms with Gasteiger partial charge >= 0.3 is 0 Å². The minimum Gasteiger partial charge on any atom is -0.492 e. The molecule has 24 heavy (non-hydrogen) atoms. The van der Waals surface area contributed by atoms with Crippen molar-refractivity contribution in [3.63, 3.8) is 0 Å². The molecule has 0 saturated carbocycles. The van der Waals surface area contributed by atoms with E-state index in [1.165, 1.54) is 6.07 Å². The highest BCUT2D eigenvalue weighted by Gasteiger charge is 2.14. The number of carbonyl (C=O) groups is 1. The first-order valence-electron chi connectivity index (χ1n) is 7.52. The molecule has 7 heteroatoms. The van der Waals surface area contributed by atoms with Gasteiger partial charge in [0.15, 0.2) is 0 Å². The largest absolute Gasteiger partial charge is 0.492 e. The molecule has 126 valence electrons.